The summed E-state index contributed by atoms with van der Waals surface area (Å²) in [7, 11) is 0. The first kappa shape index (κ1) is 10.7. The number of alkyl halides is 3. The highest BCUT2D eigenvalue weighted by atomic mass is 19.4. The number of hydrogen-bond acceptors (Lipinski definition) is 2. The number of halogens is 3. The monoisotopic (exact) mass is 229 g/mol. The Kier molecular flexibility index (Phi) is 2.22. The van der Waals surface area contributed by atoms with Crippen molar-refractivity contribution in [2.24, 2.45) is 0 Å². The topological polar surface area (TPSA) is 37.4 Å². The number of benzene rings is 1. The fourth-order valence-corrected chi connectivity index (χ4v) is 1.59. The molecule has 0 spiro atoms. The summed E-state index contributed by atoms with van der Waals surface area (Å²) in [4.78, 5) is 22.8. The van der Waals surface area contributed by atoms with Crippen LogP contribution in [0.1, 0.15) is 10.4 Å². The molecule has 0 aromatic heterocycles. The molecule has 3 nitrogen and oxygen atoms in total. The quantitative estimate of drug-likeness (QED) is 0.680. The van der Waals surface area contributed by atoms with E-state index < -0.39 is 24.4 Å². The van der Waals surface area contributed by atoms with E-state index >= 15 is 0 Å². The van der Waals surface area contributed by atoms with Crippen molar-refractivity contribution >= 4 is 17.4 Å². The lowest BCUT2D eigenvalue weighted by Crippen LogP contribution is -2.40. The molecule has 2 rings (SSSR count). The molecular formula is C10H6F3NO2. The molecule has 0 saturated carbocycles. The van der Waals surface area contributed by atoms with Gasteiger partial charge in [0.15, 0.2) is 5.78 Å². The summed E-state index contributed by atoms with van der Waals surface area (Å²) in [5.74, 6) is -2.49. The van der Waals surface area contributed by atoms with Crippen LogP contribution in [0.2, 0.25) is 0 Å². The van der Waals surface area contributed by atoms with Gasteiger partial charge in [-0.05, 0) is 12.1 Å². The van der Waals surface area contributed by atoms with E-state index in [1.807, 2.05) is 0 Å². The van der Waals surface area contributed by atoms with Crippen LogP contribution in [0.5, 0.6) is 0 Å². The summed E-state index contributed by atoms with van der Waals surface area (Å²) in [6, 6.07) is 5.75. The van der Waals surface area contributed by atoms with Crippen LogP contribution < -0.4 is 4.90 Å². The van der Waals surface area contributed by atoms with Crippen molar-refractivity contribution in [1.29, 1.82) is 0 Å². The van der Waals surface area contributed by atoms with Crippen molar-refractivity contribution < 1.29 is 22.8 Å². The number of nitrogens with zero attached hydrogens (tertiary/aromatic N) is 1. The van der Waals surface area contributed by atoms with Gasteiger partial charge in [-0.2, -0.15) is 13.2 Å². The first-order valence-electron chi connectivity index (χ1n) is 4.42. The Morgan fingerprint density at radius 1 is 1.25 bits per heavy atom. The van der Waals surface area contributed by atoms with E-state index in [0.29, 0.717) is 4.90 Å². The largest absolute Gasteiger partial charge is 0.471 e. The smallest absolute Gasteiger partial charge is 0.296 e. The van der Waals surface area contributed by atoms with E-state index in [1.165, 1.54) is 24.3 Å². The van der Waals surface area contributed by atoms with Crippen LogP contribution >= 0.6 is 0 Å². The van der Waals surface area contributed by atoms with Crippen LogP contribution in [0.15, 0.2) is 24.3 Å². The summed E-state index contributed by atoms with van der Waals surface area (Å²) in [5.41, 5.74) is 0.176. The van der Waals surface area contributed by atoms with Crippen LogP contribution in [0.3, 0.4) is 0 Å². The number of carbonyl (C=O) groups is 2. The molecule has 6 heteroatoms. The maximum Gasteiger partial charge on any atom is 0.471 e. The van der Waals surface area contributed by atoms with Crippen molar-refractivity contribution in [1.82, 2.24) is 0 Å². The molecule has 1 aromatic rings. The average Bonchev–Trinajstić information content (AvgIpc) is 2.55. The number of amides is 1. The average molecular weight is 229 g/mol. The Morgan fingerprint density at radius 2 is 1.88 bits per heavy atom. The third-order valence-electron chi connectivity index (χ3n) is 2.28. The molecule has 0 unspecified atom stereocenters. The zero-order valence-electron chi connectivity index (χ0n) is 7.91. The molecule has 1 aliphatic heterocycles. The highest BCUT2D eigenvalue weighted by Crippen LogP contribution is 2.31. The predicted octanol–water partition coefficient (Wildman–Crippen LogP) is 1.78. The SMILES string of the molecule is O=C1CN(C(=O)C(F)(F)F)c2ccccc21. The summed E-state index contributed by atoms with van der Waals surface area (Å²) in [5, 5.41) is 0. The molecule has 0 saturated heterocycles. The lowest BCUT2D eigenvalue weighted by atomic mass is 10.1. The number of Topliss-reactive ketones (excluding diaryl/α,β-unsaturated/α-hetero) is 1. The van der Waals surface area contributed by atoms with Crippen LogP contribution in [-0.4, -0.2) is 24.4 Å². The third-order valence-corrected chi connectivity index (χ3v) is 2.28. The summed E-state index contributed by atoms with van der Waals surface area (Å²) in [6.45, 7) is -0.544. The number of ketones is 1. The fourth-order valence-electron chi connectivity index (χ4n) is 1.59. The molecule has 0 atom stereocenters. The Balaban J connectivity index is 2.42. The Hall–Kier alpha value is -1.85. The van der Waals surface area contributed by atoms with Crippen molar-refractivity contribution in [3.05, 3.63) is 29.8 Å². The fraction of sp³-hybridized carbons (Fsp3) is 0.200. The van der Waals surface area contributed by atoms with Crippen molar-refractivity contribution in [2.45, 2.75) is 6.18 Å². The molecule has 0 radical (unpaired) electrons. The standard InChI is InChI=1S/C10H6F3NO2/c11-10(12,13)9(16)14-5-8(15)6-3-1-2-4-7(6)14/h1-4H,5H2. The van der Waals surface area contributed by atoms with Gasteiger partial charge in [-0.1, -0.05) is 12.1 Å². The van der Waals surface area contributed by atoms with Crippen LogP contribution in [0.25, 0.3) is 0 Å². The van der Waals surface area contributed by atoms with Gasteiger partial charge in [0.05, 0.1) is 12.2 Å². The zero-order chi connectivity index (χ0) is 11.9. The number of anilines is 1. The lowest BCUT2D eigenvalue weighted by Gasteiger charge is -2.17. The molecule has 1 heterocycles. The molecule has 84 valence electrons. The van der Waals surface area contributed by atoms with Gasteiger partial charge in [0.1, 0.15) is 0 Å². The van der Waals surface area contributed by atoms with Gasteiger partial charge in [0.2, 0.25) is 0 Å². The molecule has 0 bridgehead atoms. The molecule has 0 aliphatic carbocycles. The van der Waals surface area contributed by atoms with E-state index in [1.54, 1.807) is 0 Å². The normalized spacial score (nSPS) is 15.2. The number of para-hydroxylation sites is 1. The van der Waals surface area contributed by atoms with E-state index in [2.05, 4.69) is 0 Å². The summed E-state index contributed by atoms with van der Waals surface area (Å²) >= 11 is 0. The maximum absolute atomic E-state index is 12.2. The Labute approximate surface area is 88.5 Å². The minimum absolute atomic E-state index is 0.0230. The van der Waals surface area contributed by atoms with Gasteiger partial charge >= 0.3 is 12.1 Å². The first-order chi connectivity index (χ1) is 7.41. The predicted molar refractivity (Wildman–Crippen MR) is 49.2 cm³/mol. The van der Waals surface area contributed by atoms with Crippen LogP contribution in [0.4, 0.5) is 18.9 Å². The number of carbonyl (C=O) groups excluding carboxylic acids is 2. The molecule has 16 heavy (non-hydrogen) atoms. The number of hydrogen-bond donors (Lipinski definition) is 0. The highest BCUT2D eigenvalue weighted by Gasteiger charge is 2.46. The van der Waals surface area contributed by atoms with E-state index in [-0.39, 0.29) is 11.3 Å². The minimum Gasteiger partial charge on any atom is -0.296 e. The molecule has 1 aliphatic rings. The number of rotatable bonds is 0. The molecular weight excluding hydrogens is 223 g/mol. The van der Waals surface area contributed by atoms with Crippen molar-refractivity contribution in [3.63, 3.8) is 0 Å². The van der Waals surface area contributed by atoms with E-state index in [9.17, 15) is 22.8 Å². The van der Waals surface area contributed by atoms with Gasteiger partial charge in [0.25, 0.3) is 0 Å². The minimum atomic E-state index is -4.96. The zero-order valence-corrected chi connectivity index (χ0v) is 7.91. The summed E-state index contributed by atoms with van der Waals surface area (Å²) in [6.07, 6.45) is -4.96. The highest BCUT2D eigenvalue weighted by molar-refractivity contribution is 6.16. The molecule has 0 fully saturated rings. The van der Waals surface area contributed by atoms with E-state index in [4.69, 9.17) is 0 Å². The van der Waals surface area contributed by atoms with Crippen molar-refractivity contribution in [3.8, 4) is 0 Å². The second kappa shape index (κ2) is 3.33. The lowest BCUT2D eigenvalue weighted by molar-refractivity contribution is -0.170. The van der Waals surface area contributed by atoms with Crippen LogP contribution in [0, 0.1) is 0 Å². The van der Waals surface area contributed by atoms with Gasteiger partial charge in [-0.25, -0.2) is 0 Å². The Bertz CT molecular complexity index is 467. The van der Waals surface area contributed by atoms with Gasteiger partial charge in [-0.3, -0.25) is 14.5 Å². The molecule has 0 N–H and O–H groups in total. The van der Waals surface area contributed by atoms with E-state index in [0.717, 1.165) is 0 Å². The van der Waals surface area contributed by atoms with Crippen molar-refractivity contribution in [2.75, 3.05) is 11.4 Å². The van der Waals surface area contributed by atoms with Gasteiger partial charge in [0, 0.05) is 5.56 Å². The molecule has 1 aromatic carbocycles. The molecule has 1 amide bonds. The number of fused-ring (bicyclic) bond motifs is 1. The van der Waals surface area contributed by atoms with Gasteiger partial charge < -0.3 is 0 Å². The maximum atomic E-state index is 12.2. The summed E-state index contributed by atoms with van der Waals surface area (Å²) < 4.78 is 36.7. The second-order valence-electron chi connectivity index (χ2n) is 3.33. The third kappa shape index (κ3) is 1.56. The van der Waals surface area contributed by atoms with Gasteiger partial charge in [-0.15, -0.1) is 0 Å². The first-order valence-corrected chi connectivity index (χ1v) is 4.42. The second-order valence-corrected chi connectivity index (χ2v) is 3.33. The van der Waals surface area contributed by atoms with Crippen LogP contribution in [-0.2, 0) is 4.79 Å². The Morgan fingerprint density at radius 3 is 2.50 bits per heavy atom.